The maximum Gasteiger partial charge on any atom is 0.322 e. The van der Waals surface area contributed by atoms with Crippen LogP contribution >= 0.6 is 11.6 Å². The summed E-state index contributed by atoms with van der Waals surface area (Å²) < 4.78 is 5.11. The first-order valence-corrected chi connectivity index (χ1v) is 3.75. The minimum Gasteiger partial charge on any atom is -0.461 e. The molecule has 65 valence electrons. The monoisotopic (exact) mass is 187 g/mol. The molecule has 1 heterocycles. The molecule has 0 saturated carbocycles. The molecule has 0 atom stereocenters. The van der Waals surface area contributed by atoms with Crippen LogP contribution in [0.4, 0.5) is 5.95 Å². The van der Waals surface area contributed by atoms with E-state index in [1.165, 1.54) is 0 Å². The zero-order chi connectivity index (χ0) is 9.14. The van der Waals surface area contributed by atoms with Crippen LogP contribution in [0, 0.1) is 0 Å². The molecule has 0 aliphatic carbocycles. The smallest absolute Gasteiger partial charge is 0.322 e. The van der Waals surface area contributed by atoms with Gasteiger partial charge in [-0.05, 0) is 25.4 Å². The lowest BCUT2D eigenvalue weighted by molar-refractivity contribution is 0.221. The number of nitrogens with one attached hydrogen (secondary N) is 1. The summed E-state index contributed by atoms with van der Waals surface area (Å²) in [6, 6.07) is 0.0926. The van der Waals surface area contributed by atoms with E-state index in [0.717, 1.165) is 0 Å². The minimum atomic E-state index is -0.189. The molecule has 12 heavy (non-hydrogen) atoms. The van der Waals surface area contributed by atoms with Gasteiger partial charge in [-0.3, -0.25) is 5.73 Å². The molecule has 5 nitrogen and oxygen atoms in total. The van der Waals surface area contributed by atoms with Crippen molar-refractivity contribution in [2.45, 2.75) is 20.0 Å². The lowest BCUT2D eigenvalue weighted by Crippen LogP contribution is -2.09. The molecule has 6 heteroatoms. The summed E-state index contributed by atoms with van der Waals surface area (Å²) in [6.07, 6.45) is -0.0390. The third kappa shape index (κ3) is 2.50. The van der Waals surface area contributed by atoms with E-state index in [4.69, 9.17) is 22.1 Å². The molecule has 0 saturated heterocycles. The fourth-order valence-electron chi connectivity index (χ4n) is 0.595. The zero-order valence-electron chi connectivity index (χ0n) is 6.71. The Kier molecular flexibility index (Phi) is 2.65. The largest absolute Gasteiger partial charge is 0.461 e. The average molecular weight is 188 g/mol. The van der Waals surface area contributed by atoms with Gasteiger partial charge in [-0.1, -0.05) is 0 Å². The quantitative estimate of drug-likeness (QED) is 0.698. The highest BCUT2D eigenvalue weighted by atomic mass is 35.5. The second-order valence-electron chi connectivity index (χ2n) is 2.38. The molecule has 1 aromatic rings. The maximum absolute atomic E-state index is 7.09. The van der Waals surface area contributed by atoms with Crippen molar-refractivity contribution in [2.24, 2.45) is 0 Å². The number of hydrogen-bond donors (Lipinski definition) is 0. The van der Waals surface area contributed by atoms with Crippen LogP contribution in [0.15, 0.2) is 0 Å². The number of rotatable bonds is 2. The summed E-state index contributed by atoms with van der Waals surface area (Å²) in [4.78, 5) is 10.8. The second kappa shape index (κ2) is 3.53. The Morgan fingerprint density at radius 1 is 1.33 bits per heavy atom. The van der Waals surface area contributed by atoms with Crippen molar-refractivity contribution >= 4 is 17.5 Å². The fourth-order valence-corrected chi connectivity index (χ4v) is 0.748. The van der Waals surface area contributed by atoms with Crippen molar-refractivity contribution in [2.75, 3.05) is 0 Å². The molecule has 1 N–H and O–H groups in total. The fraction of sp³-hybridized carbons (Fsp3) is 0.500. The van der Waals surface area contributed by atoms with Gasteiger partial charge in [0, 0.05) is 0 Å². The van der Waals surface area contributed by atoms with Crippen molar-refractivity contribution in [1.29, 1.82) is 0 Å². The van der Waals surface area contributed by atoms with E-state index in [9.17, 15) is 0 Å². The SMILES string of the molecule is CC(C)Oc1nc([NH])nc(Cl)n1. The molecule has 0 spiro atoms. The Balaban J connectivity index is 2.85. The lowest BCUT2D eigenvalue weighted by atomic mass is 10.5. The average Bonchev–Trinajstić information content (AvgIpc) is 1.81. The highest BCUT2D eigenvalue weighted by Crippen LogP contribution is 2.10. The number of aromatic nitrogens is 3. The number of hydrogen-bond acceptors (Lipinski definition) is 4. The normalized spacial score (nSPS) is 10.3. The lowest BCUT2D eigenvalue weighted by Gasteiger charge is -2.06. The van der Waals surface area contributed by atoms with Gasteiger partial charge in [-0.2, -0.15) is 15.0 Å². The molecule has 1 radical (unpaired) electrons. The number of nitrogens with zero attached hydrogens (tertiary/aromatic N) is 3. The van der Waals surface area contributed by atoms with Crippen molar-refractivity contribution in [3.8, 4) is 6.01 Å². The highest BCUT2D eigenvalue weighted by Gasteiger charge is 2.04. The van der Waals surface area contributed by atoms with Gasteiger partial charge in [-0.25, -0.2) is 0 Å². The van der Waals surface area contributed by atoms with Crippen LogP contribution in [-0.2, 0) is 0 Å². The molecular weight excluding hydrogens is 180 g/mol. The van der Waals surface area contributed by atoms with Crippen LogP contribution in [-0.4, -0.2) is 21.1 Å². The molecule has 0 bridgehead atoms. The first kappa shape index (κ1) is 8.99. The Labute approximate surface area is 74.9 Å². The maximum atomic E-state index is 7.09. The Morgan fingerprint density at radius 3 is 2.50 bits per heavy atom. The topological polar surface area (TPSA) is 71.7 Å². The molecule has 0 aliphatic heterocycles. The predicted octanol–water partition coefficient (Wildman–Crippen LogP) is 1.23. The zero-order valence-corrected chi connectivity index (χ0v) is 7.46. The predicted molar refractivity (Wildman–Crippen MR) is 43.4 cm³/mol. The molecule has 0 amide bonds. The van der Waals surface area contributed by atoms with E-state index in [0.29, 0.717) is 0 Å². The van der Waals surface area contributed by atoms with Gasteiger partial charge in [-0.15, -0.1) is 0 Å². The first-order valence-electron chi connectivity index (χ1n) is 3.38. The van der Waals surface area contributed by atoms with Gasteiger partial charge in [0.25, 0.3) is 0 Å². The van der Waals surface area contributed by atoms with Gasteiger partial charge < -0.3 is 4.74 Å². The van der Waals surface area contributed by atoms with Crippen LogP contribution in [0.2, 0.25) is 5.28 Å². The summed E-state index contributed by atoms with van der Waals surface area (Å²) >= 11 is 5.47. The molecule has 1 rings (SSSR count). The molecular formula is C6H8ClN4O. The summed E-state index contributed by atoms with van der Waals surface area (Å²) in [5, 5.41) is -0.0225. The molecule has 0 fully saturated rings. The Bertz CT molecular complexity index is 258. The van der Waals surface area contributed by atoms with E-state index in [1.54, 1.807) is 0 Å². The third-order valence-corrected chi connectivity index (χ3v) is 1.10. The molecule has 1 aromatic heterocycles. The molecule has 0 aliphatic rings. The van der Waals surface area contributed by atoms with Crippen molar-refractivity contribution in [3.05, 3.63) is 5.28 Å². The minimum absolute atomic E-state index is 0.0225. The summed E-state index contributed by atoms with van der Waals surface area (Å²) in [5.41, 5.74) is 7.09. The number of halogens is 1. The van der Waals surface area contributed by atoms with Crippen LogP contribution < -0.4 is 10.5 Å². The van der Waals surface area contributed by atoms with Gasteiger partial charge in [0.2, 0.25) is 11.2 Å². The van der Waals surface area contributed by atoms with Gasteiger partial charge in [0.05, 0.1) is 6.10 Å². The van der Waals surface area contributed by atoms with Crippen molar-refractivity contribution < 1.29 is 4.74 Å². The van der Waals surface area contributed by atoms with Gasteiger partial charge in [0.1, 0.15) is 0 Å². The summed E-state index contributed by atoms with van der Waals surface area (Å²) in [5.74, 6) is -0.189. The number of ether oxygens (including phenoxy) is 1. The van der Waals surface area contributed by atoms with Crippen molar-refractivity contribution in [3.63, 3.8) is 0 Å². The van der Waals surface area contributed by atoms with Crippen LogP contribution in [0.1, 0.15) is 13.8 Å². The summed E-state index contributed by atoms with van der Waals surface area (Å²) in [6.45, 7) is 3.67. The van der Waals surface area contributed by atoms with E-state index in [1.807, 2.05) is 13.8 Å². The van der Waals surface area contributed by atoms with Crippen molar-refractivity contribution in [1.82, 2.24) is 20.7 Å². The third-order valence-electron chi connectivity index (χ3n) is 0.929. The van der Waals surface area contributed by atoms with E-state index < -0.39 is 0 Å². The van der Waals surface area contributed by atoms with E-state index in [-0.39, 0.29) is 23.3 Å². The molecule has 0 unspecified atom stereocenters. The standard InChI is InChI=1S/C6H8ClN4O/c1-3(2)12-6-10-4(7)9-5(8)11-6/h3,8H,1-2H3. The summed E-state index contributed by atoms with van der Waals surface area (Å²) in [7, 11) is 0. The van der Waals surface area contributed by atoms with Crippen LogP contribution in [0.3, 0.4) is 0 Å². The van der Waals surface area contributed by atoms with Gasteiger partial charge >= 0.3 is 6.01 Å². The first-order chi connectivity index (χ1) is 5.58. The van der Waals surface area contributed by atoms with Gasteiger partial charge in [0.15, 0.2) is 0 Å². The van der Waals surface area contributed by atoms with Crippen LogP contribution in [0.25, 0.3) is 0 Å². The van der Waals surface area contributed by atoms with E-state index in [2.05, 4.69) is 15.0 Å². The Hall–Kier alpha value is -1.10. The van der Waals surface area contributed by atoms with E-state index >= 15 is 0 Å². The molecule has 0 aromatic carbocycles. The Morgan fingerprint density at radius 2 is 2.00 bits per heavy atom. The highest BCUT2D eigenvalue weighted by molar-refractivity contribution is 6.28. The van der Waals surface area contributed by atoms with Crippen LogP contribution in [0.5, 0.6) is 6.01 Å². The second-order valence-corrected chi connectivity index (χ2v) is 2.72.